The van der Waals surface area contributed by atoms with Crippen molar-refractivity contribution in [2.45, 2.75) is 19.8 Å². The van der Waals surface area contributed by atoms with Crippen LogP contribution in [0.3, 0.4) is 0 Å². The second kappa shape index (κ2) is 6.97. The zero-order chi connectivity index (χ0) is 15.4. The van der Waals surface area contributed by atoms with E-state index in [1.807, 2.05) is 37.3 Å². The highest BCUT2D eigenvalue weighted by Gasteiger charge is 2.20. The molecule has 0 aromatic heterocycles. The molecule has 110 valence electrons. The molecule has 0 bridgehead atoms. The number of carboxylic acid groups (broad SMARTS) is 1. The Kier molecular flexibility index (Phi) is 5.27. The maximum Gasteiger partial charge on any atom is 0.307 e. The molecular weight excluding hydrogens is 307 g/mol. The number of rotatable bonds is 5. The Morgan fingerprint density at radius 1 is 1.14 bits per heavy atom. The normalized spacial score (nSPS) is 12.1. The number of aryl methyl sites for hydroxylation is 1. The topological polar surface area (TPSA) is 37.3 Å². The van der Waals surface area contributed by atoms with E-state index in [1.54, 1.807) is 12.1 Å². The van der Waals surface area contributed by atoms with Crippen molar-refractivity contribution in [3.05, 3.63) is 69.2 Å². The summed E-state index contributed by atoms with van der Waals surface area (Å²) in [4.78, 5) is 11.5. The first-order chi connectivity index (χ1) is 9.97. The molecule has 1 unspecified atom stereocenters. The van der Waals surface area contributed by atoms with Crippen LogP contribution in [0.1, 0.15) is 16.7 Å². The van der Waals surface area contributed by atoms with Crippen molar-refractivity contribution in [2.75, 3.05) is 0 Å². The van der Waals surface area contributed by atoms with Gasteiger partial charge in [0.25, 0.3) is 0 Å². The number of carboxylic acids is 1. The van der Waals surface area contributed by atoms with Crippen molar-refractivity contribution < 1.29 is 9.90 Å². The summed E-state index contributed by atoms with van der Waals surface area (Å²) in [6, 6.07) is 13.2. The third kappa shape index (κ3) is 4.23. The Morgan fingerprint density at radius 2 is 1.86 bits per heavy atom. The summed E-state index contributed by atoms with van der Waals surface area (Å²) in [5.41, 5.74) is 2.90. The van der Waals surface area contributed by atoms with E-state index < -0.39 is 11.9 Å². The second-order valence-electron chi connectivity index (χ2n) is 5.15. The Hall–Kier alpha value is -1.51. The lowest BCUT2D eigenvalue weighted by molar-refractivity contribution is -0.141. The van der Waals surface area contributed by atoms with Crippen molar-refractivity contribution >= 4 is 29.2 Å². The molecule has 2 nitrogen and oxygen atoms in total. The average molecular weight is 323 g/mol. The zero-order valence-electron chi connectivity index (χ0n) is 11.6. The summed E-state index contributed by atoms with van der Waals surface area (Å²) >= 11 is 12.1. The van der Waals surface area contributed by atoms with Gasteiger partial charge in [0.1, 0.15) is 0 Å². The standard InChI is InChI=1S/C17H16Cl2O2/c1-11-4-2-5-12(8-11)9-14(17(20)21)10-13-6-3-7-15(18)16(13)19/h2-8,14H,9-10H2,1H3,(H,20,21). The maximum absolute atomic E-state index is 11.5. The number of aliphatic carboxylic acids is 1. The van der Waals surface area contributed by atoms with Gasteiger partial charge in [-0.25, -0.2) is 0 Å². The van der Waals surface area contributed by atoms with E-state index in [9.17, 15) is 9.90 Å². The largest absolute Gasteiger partial charge is 0.481 e. The Bertz CT molecular complexity index is 653. The lowest BCUT2D eigenvalue weighted by Crippen LogP contribution is -2.19. The van der Waals surface area contributed by atoms with Crippen molar-refractivity contribution in [2.24, 2.45) is 5.92 Å². The number of hydrogen-bond donors (Lipinski definition) is 1. The smallest absolute Gasteiger partial charge is 0.307 e. The van der Waals surface area contributed by atoms with Gasteiger partial charge in [-0.15, -0.1) is 0 Å². The van der Waals surface area contributed by atoms with Crippen LogP contribution in [0.25, 0.3) is 0 Å². The molecule has 0 amide bonds. The van der Waals surface area contributed by atoms with Gasteiger partial charge in [-0.1, -0.05) is 65.2 Å². The van der Waals surface area contributed by atoms with E-state index in [0.717, 1.165) is 16.7 Å². The molecule has 1 atom stereocenters. The molecule has 2 rings (SSSR count). The average Bonchev–Trinajstić information content (AvgIpc) is 2.43. The van der Waals surface area contributed by atoms with Crippen LogP contribution in [0, 0.1) is 12.8 Å². The fraction of sp³-hybridized carbons (Fsp3) is 0.235. The summed E-state index contributed by atoms with van der Waals surface area (Å²) in [5.74, 6) is -1.35. The number of hydrogen-bond acceptors (Lipinski definition) is 1. The first kappa shape index (κ1) is 15.9. The van der Waals surface area contributed by atoms with Crippen LogP contribution in [0.15, 0.2) is 42.5 Å². The van der Waals surface area contributed by atoms with E-state index in [0.29, 0.717) is 22.9 Å². The van der Waals surface area contributed by atoms with Crippen molar-refractivity contribution in [3.63, 3.8) is 0 Å². The van der Waals surface area contributed by atoms with Crippen LogP contribution in [-0.2, 0) is 17.6 Å². The number of halogens is 2. The predicted octanol–water partition coefficient (Wildman–Crippen LogP) is 4.79. The quantitative estimate of drug-likeness (QED) is 0.859. The van der Waals surface area contributed by atoms with Crippen molar-refractivity contribution in [1.82, 2.24) is 0 Å². The van der Waals surface area contributed by atoms with Gasteiger partial charge in [0, 0.05) is 0 Å². The van der Waals surface area contributed by atoms with Gasteiger partial charge in [-0.2, -0.15) is 0 Å². The Labute approximate surface area is 134 Å². The maximum atomic E-state index is 11.5. The van der Waals surface area contributed by atoms with Gasteiger partial charge in [0.2, 0.25) is 0 Å². The van der Waals surface area contributed by atoms with E-state index in [2.05, 4.69) is 0 Å². The fourth-order valence-corrected chi connectivity index (χ4v) is 2.74. The van der Waals surface area contributed by atoms with Crippen LogP contribution in [0.4, 0.5) is 0 Å². The van der Waals surface area contributed by atoms with E-state index in [-0.39, 0.29) is 0 Å². The first-order valence-corrected chi connectivity index (χ1v) is 7.44. The minimum atomic E-state index is -0.826. The highest BCUT2D eigenvalue weighted by atomic mass is 35.5. The van der Waals surface area contributed by atoms with Crippen LogP contribution in [0.2, 0.25) is 10.0 Å². The second-order valence-corrected chi connectivity index (χ2v) is 5.93. The molecule has 21 heavy (non-hydrogen) atoms. The minimum absolute atomic E-state index is 0.364. The van der Waals surface area contributed by atoms with E-state index in [4.69, 9.17) is 23.2 Å². The van der Waals surface area contributed by atoms with Crippen LogP contribution in [-0.4, -0.2) is 11.1 Å². The highest BCUT2D eigenvalue weighted by Crippen LogP contribution is 2.28. The van der Waals surface area contributed by atoms with Gasteiger partial charge in [0.15, 0.2) is 0 Å². The van der Waals surface area contributed by atoms with Gasteiger partial charge < -0.3 is 5.11 Å². The first-order valence-electron chi connectivity index (χ1n) is 6.68. The highest BCUT2D eigenvalue weighted by molar-refractivity contribution is 6.42. The molecule has 1 N–H and O–H groups in total. The molecule has 0 saturated carbocycles. The molecule has 0 spiro atoms. The Morgan fingerprint density at radius 3 is 2.52 bits per heavy atom. The number of benzene rings is 2. The monoisotopic (exact) mass is 322 g/mol. The van der Waals surface area contributed by atoms with Crippen LogP contribution < -0.4 is 0 Å². The lowest BCUT2D eigenvalue weighted by atomic mass is 9.92. The Balaban J connectivity index is 2.20. The summed E-state index contributed by atoms with van der Waals surface area (Å²) in [7, 11) is 0. The summed E-state index contributed by atoms with van der Waals surface area (Å²) in [5, 5.41) is 10.3. The molecule has 0 radical (unpaired) electrons. The summed E-state index contributed by atoms with van der Waals surface area (Å²) in [6.45, 7) is 1.99. The summed E-state index contributed by atoms with van der Waals surface area (Å²) < 4.78 is 0. The third-order valence-corrected chi connectivity index (χ3v) is 4.27. The van der Waals surface area contributed by atoms with Crippen LogP contribution in [0.5, 0.6) is 0 Å². The zero-order valence-corrected chi connectivity index (χ0v) is 13.2. The molecule has 0 heterocycles. The molecule has 2 aromatic rings. The minimum Gasteiger partial charge on any atom is -0.481 e. The van der Waals surface area contributed by atoms with Gasteiger partial charge in [-0.05, 0) is 37.0 Å². The molecule has 2 aromatic carbocycles. The van der Waals surface area contributed by atoms with Gasteiger partial charge in [-0.3, -0.25) is 4.79 Å². The molecular formula is C17H16Cl2O2. The fourth-order valence-electron chi connectivity index (χ4n) is 2.34. The lowest BCUT2D eigenvalue weighted by Gasteiger charge is -2.14. The van der Waals surface area contributed by atoms with Crippen molar-refractivity contribution in [3.8, 4) is 0 Å². The number of carbonyl (C=O) groups is 1. The van der Waals surface area contributed by atoms with E-state index in [1.165, 1.54) is 0 Å². The molecule has 0 aliphatic heterocycles. The van der Waals surface area contributed by atoms with Gasteiger partial charge >= 0.3 is 5.97 Å². The third-order valence-electron chi connectivity index (χ3n) is 3.41. The summed E-state index contributed by atoms with van der Waals surface area (Å²) in [6.07, 6.45) is 0.836. The SMILES string of the molecule is Cc1cccc(CC(Cc2cccc(Cl)c2Cl)C(=O)O)c1. The molecule has 0 saturated heterocycles. The van der Waals surface area contributed by atoms with Crippen molar-refractivity contribution in [1.29, 1.82) is 0 Å². The van der Waals surface area contributed by atoms with Gasteiger partial charge in [0.05, 0.1) is 16.0 Å². The van der Waals surface area contributed by atoms with Crippen LogP contribution >= 0.6 is 23.2 Å². The van der Waals surface area contributed by atoms with E-state index >= 15 is 0 Å². The molecule has 0 fully saturated rings. The molecule has 4 heteroatoms. The molecule has 0 aliphatic carbocycles. The molecule has 0 aliphatic rings. The predicted molar refractivity (Wildman–Crippen MR) is 86.2 cm³/mol.